The topological polar surface area (TPSA) is 70.9 Å². The Balaban J connectivity index is 1.19. The van der Waals surface area contributed by atoms with Crippen LogP contribution in [0.4, 0.5) is 26.2 Å². The number of halogens is 2. The van der Waals surface area contributed by atoms with Crippen LogP contribution in [0.2, 0.25) is 0 Å². The number of alkyl halides is 2. The van der Waals surface area contributed by atoms with E-state index in [1.807, 2.05) is 10.9 Å². The zero-order chi connectivity index (χ0) is 24.0. The molecule has 1 aliphatic heterocycles. The summed E-state index contributed by atoms with van der Waals surface area (Å²) in [6, 6.07) is 0.760. The molecule has 0 aromatic carbocycles. The standard InChI is InChI=1S/C25H33F2N7S/c1-2-34-15-17(14-28-34)30-24-31-22(21-19-4-3-5-20(19)35-23(21)32-24)29-16-6-8-18(9-7-16)33-12-10-25(26,27)11-13-33/h14-16,18H,2-13H2,1H3,(H2,29,30,31,32)/t16-,18-. The Hall–Kier alpha value is -2.33. The predicted molar refractivity (Wildman–Crippen MR) is 136 cm³/mol. The smallest absolute Gasteiger partial charge is 0.250 e. The zero-order valence-electron chi connectivity index (χ0n) is 20.2. The maximum atomic E-state index is 13.6. The van der Waals surface area contributed by atoms with E-state index >= 15 is 0 Å². The number of fused-ring (bicyclic) bond motifs is 3. The summed E-state index contributed by atoms with van der Waals surface area (Å²) in [6.45, 7) is 3.92. The molecule has 0 spiro atoms. The lowest BCUT2D eigenvalue weighted by Gasteiger charge is -2.40. The maximum Gasteiger partial charge on any atom is 0.250 e. The molecule has 2 aliphatic carbocycles. The second-order valence-electron chi connectivity index (χ2n) is 10.2. The minimum atomic E-state index is -2.48. The number of nitrogens with zero attached hydrogens (tertiary/aromatic N) is 5. The first-order valence-corrected chi connectivity index (χ1v) is 13.8. The van der Waals surface area contributed by atoms with Crippen LogP contribution in [-0.4, -0.2) is 55.7 Å². The Kier molecular flexibility index (Phi) is 6.12. The van der Waals surface area contributed by atoms with E-state index < -0.39 is 5.92 Å². The van der Waals surface area contributed by atoms with E-state index in [9.17, 15) is 8.78 Å². The Labute approximate surface area is 208 Å². The average Bonchev–Trinajstić information content (AvgIpc) is 3.56. The van der Waals surface area contributed by atoms with E-state index in [-0.39, 0.29) is 12.8 Å². The Morgan fingerprint density at radius 3 is 2.66 bits per heavy atom. The molecule has 3 aromatic rings. The Morgan fingerprint density at radius 1 is 1.11 bits per heavy atom. The number of rotatable bonds is 6. The largest absolute Gasteiger partial charge is 0.367 e. The third-order valence-corrected chi connectivity index (χ3v) is 9.05. The maximum absolute atomic E-state index is 13.6. The van der Waals surface area contributed by atoms with Gasteiger partial charge in [-0.25, -0.2) is 13.8 Å². The van der Waals surface area contributed by atoms with Crippen LogP contribution in [0.25, 0.3) is 10.2 Å². The molecule has 2 fully saturated rings. The van der Waals surface area contributed by atoms with Gasteiger partial charge in [-0.1, -0.05) is 0 Å². The van der Waals surface area contributed by atoms with Gasteiger partial charge in [-0.3, -0.25) is 9.58 Å². The molecule has 188 valence electrons. The van der Waals surface area contributed by atoms with Gasteiger partial charge in [0.2, 0.25) is 5.95 Å². The van der Waals surface area contributed by atoms with Crippen LogP contribution in [0.3, 0.4) is 0 Å². The molecule has 10 heteroatoms. The molecular formula is C25H33F2N7S. The number of anilines is 3. The molecule has 1 saturated heterocycles. The second-order valence-corrected chi connectivity index (χ2v) is 11.3. The van der Waals surface area contributed by atoms with Gasteiger partial charge in [0.1, 0.15) is 10.6 Å². The van der Waals surface area contributed by atoms with Crippen LogP contribution < -0.4 is 10.6 Å². The first-order chi connectivity index (χ1) is 17.0. The number of likely N-dealkylation sites (tertiary alicyclic amines) is 1. The molecule has 0 amide bonds. The van der Waals surface area contributed by atoms with Gasteiger partial charge in [-0.05, 0) is 57.4 Å². The van der Waals surface area contributed by atoms with Crippen LogP contribution in [0.1, 0.15) is 62.3 Å². The molecular weight excluding hydrogens is 468 g/mol. The molecule has 4 heterocycles. The van der Waals surface area contributed by atoms with Gasteiger partial charge in [0.05, 0.1) is 17.3 Å². The summed E-state index contributed by atoms with van der Waals surface area (Å²) < 4.78 is 29.0. The van der Waals surface area contributed by atoms with Crippen molar-refractivity contribution in [2.24, 2.45) is 0 Å². The highest BCUT2D eigenvalue weighted by molar-refractivity contribution is 7.19. The quantitative estimate of drug-likeness (QED) is 0.459. The van der Waals surface area contributed by atoms with E-state index in [0.717, 1.165) is 61.4 Å². The van der Waals surface area contributed by atoms with Gasteiger partial charge in [0, 0.05) is 55.6 Å². The fourth-order valence-corrected chi connectivity index (χ4v) is 7.14. The SMILES string of the molecule is CCn1cc(Nc2nc(N[C@H]3CC[C@H](N4CCC(F)(F)CC4)CC3)c3c4c(sc3n2)CCC4)cn1. The number of piperidine rings is 1. The van der Waals surface area contributed by atoms with Crippen molar-refractivity contribution < 1.29 is 8.78 Å². The summed E-state index contributed by atoms with van der Waals surface area (Å²) in [7, 11) is 0. The Bertz CT molecular complexity index is 1190. The molecule has 6 rings (SSSR count). The summed E-state index contributed by atoms with van der Waals surface area (Å²) >= 11 is 1.80. The number of aromatic nitrogens is 4. The van der Waals surface area contributed by atoms with E-state index in [0.29, 0.717) is 31.1 Å². The summed E-state index contributed by atoms with van der Waals surface area (Å²) in [6.07, 6.45) is 11.3. The Morgan fingerprint density at radius 2 is 1.91 bits per heavy atom. The van der Waals surface area contributed by atoms with Gasteiger partial charge in [0.15, 0.2) is 0 Å². The van der Waals surface area contributed by atoms with Crippen molar-refractivity contribution in [3.63, 3.8) is 0 Å². The van der Waals surface area contributed by atoms with Crippen molar-refractivity contribution in [3.8, 4) is 0 Å². The summed E-state index contributed by atoms with van der Waals surface area (Å²) in [4.78, 5) is 14.6. The fourth-order valence-electron chi connectivity index (χ4n) is 5.88. The van der Waals surface area contributed by atoms with E-state index in [4.69, 9.17) is 9.97 Å². The lowest BCUT2D eigenvalue weighted by Crippen LogP contribution is -2.47. The molecule has 0 unspecified atom stereocenters. The number of nitrogens with one attached hydrogen (secondary N) is 2. The fraction of sp³-hybridized carbons (Fsp3) is 0.640. The molecule has 35 heavy (non-hydrogen) atoms. The first kappa shape index (κ1) is 23.1. The highest BCUT2D eigenvalue weighted by Crippen LogP contribution is 2.41. The molecule has 2 N–H and O–H groups in total. The van der Waals surface area contributed by atoms with Crippen LogP contribution >= 0.6 is 11.3 Å². The minimum Gasteiger partial charge on any atom is -0.367 e. The summed E-state index contributed by atoms with van der Waals surface area (Å²) in [5, 5.41) is 12.7. The van der Waals surface area contributed by atoms with Crippen LogP contribution in [-0.2, 0) is 19.4 Å². The van der Waals surface area contributed by atoms with Crippen LogP contribution in [0, 0.1) is 0 Å². The third kappa shape index (κ3) is 4.74. The van der Waals surface area contributed by atoms with Crippen LogP contribution in [0.15, 0.2) is 12.4 Å². The minimum absolute atomic E-state index is 0.000296. The highest BCUT2D eigenvalue weighted by Gasteiger charge is 2.37. The van der Waals surface area contributed by atoms with Gasteiger partial charge in [-0.15, -0.1) is 11.3 Å². The second kappa shape index (κ2) is 9.28. The van der Waals surface area contributed by atoms with Gasteiger partial charge in [-0.2, -0.15) is 10.1 Å². The monoisotopic (exact) mass is 501 g/mol. The molecule has 0 radical (unpaired) electrons. The molecule has 3 aliphatic rings. The van der Waals surface area contributed by atoms with Gasteiger partial charge < -0.3 is 10.6 Å². The summed E-state index contributed by atoms with van der Waals surface area (Å²) in [5.41, 5.74) is 2.30. The van der Waals surface area contributed by atoms with Crippen molar-refractivity contribution >= 4 is 39.0 Å². The van der Waals surface area contributed by atoms with Crippen molar-refractivity contribution in [1.82, 2.24) is 24.6 Å². The van der Waals surface area contributed by atoms with Crippen molar-refractivity contribution in [2.45, 2.75) is 89.3 Å². The molecule has 0 bridgehead atoms. The highest BCUT2D eigenvalue weighted by atomic mass is 32.1. The van der Waals surface area contributed by atoms with Crippen molar-refractivity contribution in [3.05, 3.63) is 22.8 Å². The molecule has 0 atom stereocenters. The molecule has 7 nitrogen and oxygen atoms in total. The number of hydrogen-bond acceptors (Lipinski definition) is 7. The van der Waals surface area contributed by atoms with Gasteiger partial charge >= 0.3 is 0 Å². The lowest BCUT2D eigenvalue weighted by atomic mass is 9.88. The predicted octanol–water partition coefficient (Wildman–Crippen LogP) is 5.59. The number of thiophene rings is 1. The zero-order valence-corrected chi connectivity index (χ0v) is 21.0. The van der Waals surface area contributed by atoms with Crippen molar-refractivity contribution in [1.29, 1.82) is 0 Å². The summed E-state index contributed by atoms with van der Waals surface area (Å²) in [5.74, 6) is -0.950. The number of hydrogen-bond donors (Lipinski definition) is 2. The van der Waals surface area contributed by atoms with E-state index in [2.05, 4.69) is 27.6 Å². The first-order valence-electron chi connectivity index (χ1n) is 13.0. The molecule has 3 aromatic heterocycles. The van der Waals surface area contributed by atoms with Crippen LogP contribution in [0.5, 0.6) is 0 Å². The lowest BCUT2D eigenvalue weighted by molar-refractivity contribution is -0.0657. The van der Waals surface area contributed by atoms with Crippen molar-refractivity contribution in [2.75, 3.05) is 23.7 Å². The average molecular weight is 502 g/mol. The molecule has 1 saturated carbocycles. The van der Waals surface area contributed by atoms with Gasteiger partial charge in [0.25, 0.3) is 5.92 Å². The van der Waals surface area contributed by atoms with E-state index in [1.54, 1.807) is 17.5 Å². The third-order valence-electron chi connectivity index (χ3n) is 7.86. The normalized spacial score (nSPS) is 24.5. The van der Waals surface area contributed by atoms with E-state index in [1.165, 1.54) is 22.2 Å². The number of aryl methyl sites for hydroxylation is 3.